The molecular formula is C11H16O3S. The highest BCUT2D eigenvalue weighted by molar-refractivity contribution is 7.85. The molecule has 1 saturated carbocycles. The predicted octanol–water partition coefficient (Wildman–Crippen LogP) is 2.18. The fraction of sp³-hybridized carbons (Fsp3) is 0.636. The van der Waals surface area contributed by atoms with Crippen molar-refractivity contribution in [3.8, 4) is 0 Å². The van der Waals surface area contributed by atoms with Gasteiger partial charge in [0.1, 0.15) is 0 Å². The normalized spacial score (nSPS) is 30.9. The standard InChI is InChI=1S/C11H16O3S/c12-15(13,14)8-10-6-3-5-9-4-1-2-7-11(9)10/h3,5-6,10-11H,1-2,4,7-8H2,(H,12,13,14). The topological polar surface area (TPSA) is 54.4 Å². The van der Waals surface area contributed by atoms with Crippen LogP contribution in [0.5, 0.6) is 0 Å². The van der Waals surface area contributed by atoms with Gasteiger partial charge in [-0.25, -0.2) is 0 Å². The van der Waals surface area contributed by atoms with Crippen molar-refractivity contribution in [2.75, 3.05) is 5.75 Å². The van der Waals surface area contributed by atoms with Gasteiger partial charge in [-0.1, -0.05) is 30.2 Å². The molecule has 0 aromatic heterocycles. The Morgan fingerprint density at radius 3 is 2.93 bits per heavy atom. The highest BCUT2D eigenvalue weighted by atomic mass is 32.2. The molecule has 2 aliphatic carbocycles. The Kier molecular flexibility index (Phi) is 2.98. The molecule has 2 rings (SSSR count). The molecule has 2 unspecified atom stereocenters. The summed E-state index contributed by atoms with van der Waals surface area (Å²) in [6.07, 6.45) is 10.4. The Balaban J connectivity index is 2.14. The number of rotatable bonds is 2. The van der Waals surface area contributed by atoms with Crippen LogP contribution in [0.15, 0.2) is 23.8 Å². The second kappa shape index (κ2) is 4.10. The molecule has 0 saturated heterocycles. The zero-order valence-electron chi connectivity index (χ0n) is 8.59. The summed E-state index contributed by atoms with van der Waals surface area (Å²) in [7, 11) is -3.85. The van der Waals surface area contributed by atoms with Crippen molar-refractivity contribution in [2.24, 2.45) is 11.8 Å². The molecular weight excluding hydrogens is 212 g/mol. The monoisotopic (exact) mass is 228 g/mol. The minimum absolute atomic E-state index is 0.0275. The van der Waals surface area contributed by atoms with Crippen LogP contribution in [-0.2, 0) is 10.1 Å². The zero-order valence-corrected chi connectivity index (χ0v) is 9.41. The molecule has 2 atom stereocenters. The number of hydrogen-bond acceptors (Lipinski definition) is 2. The van der Waals surface area contributed by atoms with E-state index in [0.717, 1.165) is 19.3 Å². The highest BCUT2D eigenvalue weighted by Crippen LogP contribution is 2.38. The van der Waals surface area contributed by atoms with Gasteiger partial charge in [0, 0.05) is 0 Å². The third-order valence-corrected chi connectivity index (χ3v) is 4.10. The Hall–Kier alpha value is -0.610. The zero-order chi connectivity index (χ0) is 10.9. The molecule has 0 aromatic rings. The van der Waals surface area contributed by atoms with E-state index in [-0.39, 0.29) is 11.7 Å². The van der Waals surface area contributed by atoms with E-state index < -0.39 is 10.1 Å². The van der Waals surface area contributed by atoms with E-state index >= 15 is 0 Å². The van der Waals surface area contributed by atoms with Gasteiger partial charge >= 0.3 is 0 Å². The van der Waals surface area contributed by atoms with E-state index in [1.807, 2.05) is 12.2 Å². The Morgan fingerprint density at radius 1 is 1.40 bits per heavy atom. The van der Waals surface area contributed by atoms with Crippen molar-refractivity contribution >= 4 is 10.1 Å². The van der Waals surface area contributed by atoms with Crippen LogP contribution in [0.2, 0.25) is 0 Å². The van der Waals surface area contributed by atoms with Crippen molar-refractivity contribution in [2.45, 2.75) is 25.7 Å². The first-order chi connectivity index (χ1) is 7.06. The number of hydrogen-bond donors (Lipinski definition) is 1. The van der Waals surface area contributed by atoms with Crippen LogP contribution < -0.4 is 0 Å². The van der Waals surface area contributed by atoms with Crippen molar-refractivity contribution in [3.05, 3.63) is 23.8 Å². The second-order valence-corrected chi connectivity index (χ2v) is 5.89. The first kappa shape index (κ1) is 10.9. The van der Waals surface area contributed by atoms with Gasteiger partial charge in [-0.2, -0.15) is 8.42 Å². The van der Waals surface area contributed by atoms with Gasteiger partial charge in [-0.05, 0) is 31.1 Å². The van der Waals surface area contributed by atoms with Gasteiger partial charge in [-0.3, -0.25) is 4.55 Å². The lowest BCUT2D eigenvalue weighted by Crippen LogP contribution is -2.26. The molecule has 0 bridgehead atoms. The molecule has 84 valence electrons. The molecule has 1 N–H and O–H groups in total. The number of allylic oxidation sites excluding steroid dienone is 4. The average molecular weight is 228 g/mol. The van der Waals surface area contributed by atoms with E-state index in [2.05, 4.69) is 6.08 Å². The molecule has 0 spiro atoms. The van der Waals surface area contributed by atoms with Crippen LogP contribution in [-0.4, -0.2) is 18.7 Å². The molecule has 2 aliphatic rings. The smallest absolute Gasteiger partial charge is 0.265 e. The molecule has 1 fully saturated rings. The van der Waals surface area contributed by atoms with Crippen molar-refractivity contribution in [1.29, 1.82) is 0 Å². The van der Waals surface area contributed by atoms with E-state index in [9.17, 15) is 8.42 Å². The summed E-state index contributed by atoms with van der Waals surface area (Å²) >= 11 is 0. The van der Waals surface area contributed by atoms with Crippen molar-refractivity contribution in [1.82, 2.24) is 0 Å². The molecule has 0 heterocycles. The quantitative estimate of drug-likeness (QED) is 0.737. The summed E-state index contributed by atoms with van der Waals surface area (Å²) in [6, 6.07) is 0. The maximum Gasteiger partial charge on any atom is 0.265 e. The van der Waals surface area contributed by atoms with Crippen LogP contribution in [0.1, 0.15) is 25.7 Å². The van der Waals surface area contributed by atoms with Gasteiger partial charge < -0.3 is 0 Å². The predicted molar refractivity (Wildman–Crippen MR) is 59.1 cm³/mol. The SMILES string of the molecule is O=S(=O)(O)CC1C=CC=C2CCCCC21. The van der Waals surface area contributed by atoms with Gasteiger partial charge in [-0.15, -0.1) is 0 Å². The molecule has 0 aromatic carbocycles. The Labute approximate surface area is 90.6 Å². The van der Waals surface area contributed by atoms with E-state index in [4.69, 9.17) is 4.55 Å². The first-order valence-electron chi connectivity index (χ1n) is 5.39. The lowest BCUT2D eigenvalue weighted by molar-refractivity contribution is 0.371. The van der Waals surface area contributed by atoms with E-state index in [1.54, 1.807) is 0 Å². The molecule has 0 radical (unpaired) electrons. The van der Waals surface area contributed by atoms with Gasteiger partial charge in [0.2, 0.25) is 0 Å². The summed E-state index contributed by atoms with van der Waals surface area (Å²) in [5.74, 6) is 0.178. The second-order valence-electron chi connectivity index (χ2n) is 4.39. The van der Waals surface area contributed by atoms with Crippen molar-refractivity contribution in [3.63, 3.8) is 0 Å². The summed E-state index contributed by atoms with van der Waals surface area (Å²) in [5, 5.41) is 0. The molecule has 4 heteroatoms. The molecule has 15 heavy (non-hydrogen) atoms. The first-order valence-corrected chi connectivity index (χ1v) is 6.99. The summed E-state index contributed by atoms with van der Waals surface area (Å²) in [5.41, 5.74) is 1.36. The van der Waals surface area contributed by atoms with Gasteiger partial charge in [0.05, 0.1) is 5.75 Å². The van der Waals surface area contributed by atoms with Crippen LogP contribution in [0.4, 0.5) is 0 Å². The van der Waals surface area contributed by atoms with Crippen LogP contribution in [0.25, 0.3) is 0 Å². The Bertz CT molecular complexity index is 392. The largest absolute Gasteiger partial charge is 0.286 e. The van der Waals surface area contributed by atoms with Gasteiger partial charge in [0.15, 0.2) is 0 Å². The molecule has 0 aliphatic heterocycles. The van der Waals surface area contributed by atoms with Crippen LogP contribution >= 0.6 is 0 Å². The van der Waals surface area contributed by atoms with E-state index in [0.29, 0.717) is 5.92 Å². The maximum atomic E-state index is 10.9. The third kappa shape index (κ3) is 2.69. The fourth-order valence-corrected chi connectivity index (χ4v) is 3.46. The summed E-state index contributed by atoms with van der Waals surface area (Å²) in [6.45, 7) is 0. The summed E-state index contributed by atoms with van der Waals surface area (Å²) < 4.78 is 30.6. The van der Waals surface area contributed by atoms with Crippen LogP contribution in [0, 0.1) is 11.8 Å². The third-order valence-electron chi connectivity index (χ3n) is 3.30. The Morgan fingerprint density at radius 2 is 2.20 bits per heavy atom. The minimum Gasteiger partial charge on any atom is -0.286 e. The summed E-state index contributed by atoms with van der Waals surface area (Å²) in [4.78, 5) is 0. The average Bonchev–Trinajstić information content (AvgIpc) is 2.16. The molecule has 0 amide bonds. The van der Waals surface area contributed by atoms with Gasteiger partial charge in [0.25, 0.3) is 10.1 Å². The van der Waals surface area contributed by atoms with Crippen molar-refractivity contribution < 1.29 is 13.0 Å². The van der Waals surface area contributed by atoms with Crippen LogP contribution in [0.3, 0.4) is 0 Å². The fourth-order valence-electron chi connectivity index (χ4n) is 2.63. The lowest BCUT2D eigenvalue weighted by Gasteiger charge is -2.32. The minimum atomic E-state index is -3.85. The lowest BCUT2D eigenvalue weighted by atomic mass is 9.74. The molecule has 3 nitrogen and oxygen atoms in total. The highest BCUT2D eigenvalue weighted by Gasteiger charge is 2.30. The van der Waals surface area contributed by atoms with E-state index in [1.165, 1.54) is 12.0 Å². The number of fused-ring (bicyclic) bond motifs is 1. The maximum absolute atomic E-state index is 10.9.